The van der Waals surface area contributed by atoms with Crippen molar-refractivity contribution in [3.05, 3.63) is 85.5 Å². The summed E-state index contributed by atoms with van der Waals surface area (Å²) < 4.78 is 1.18. The molecule has 93 valence electrons. The van der Waals surface area contributed by atoms with Crippen LogP contribution in [-0.2, 0) is 0 Å². The maximum atomic E-state index is 3.83. The first kappa shape index (κ1) is 14.5. The molecule has 0 bridgehead atoms. The van der Waals surface area contributed by atoms with E-state index in [-0.39, 0.29) is 0 Å². The summed E-state index contributed by atoms with van der Waals surface area (Å²) in [5, 5.41) is 0. The van der Waals surface area contributed by atoms with Gasteiger partial charge in [-0.15, -0.1) is 0 Å². The molecule has 0 saturated carbocycles. The van der Waals surface area contributed by atoms with Gasteiger partial charge in [0.05, 0.1) is 0 Å². The van der Waals surface area contributed by atoms with Gasteiger partial charge in [-0.05, 0) is 11.1 Å². The fourth-order valence-electron chi connectivity index (χ4n) is 1.16. The van der Waals surface area contributed by atoms with Crippen molar-refractivity contribution >= 4 is 5.89 Å². The van der Waals surface area contributed by atoms with Crippen LogP contribution in [0.15, 0.2) is 79.9 Å². The van der Waals surface area contributed by atoms with E-state index >= 15 is 0 Å². The summed E-state index contributed by atoms with van der Waals surface area (Å²) in [5.41, 5.74) is 2.11. The van der Waals surface area contributed by atoms with Crippen molar-refractivity contribution in [2.45, 2.75) is 0 Å². The van der Waals surface area contributed by atoms with Crippen LogP contribution in [0.1, 0.15) is 5.56 Å². The minimum atomic E-state index is 0.973. The van der Waals surface area contributed by atoms with E-state index in [0.29, 0.717) is 0 Å². The molecule has 0 N–H and O–H groups in total. The molecule has 2 aromatic carbocycles. The Kier molecular flexibility index (Phi) is 7.27. The van der Waals surface area contributed by atoms with Crippen molar-refractivity contribution in [3.8, 4) is 0 Å². The first-order valence-electron chi connectivity index (χ1n) is 5.26. The van der Waals surface area contributed by atoms with Crippen LogP contribution in [0.3, 0.4) is 0 Å². The number of benzene rings is 2. The molecule has 0 aromatic heterocycles. The van der Waals surface area contributed by atoms with Crippen LogP contribution in [0.5, 0.6) is 0 Å². The summed E-state index contributed by atoms with van der Waals surface area (Å²) in [4.78, 5) is 0. The van der Waals surface area contributed by atoms with Crippen molar-refractivity contribution in [2.24, 2.45) is 0 Å². The zero-order chi connectivity index (χ0) is 12.5. The van der Waals surface area contributed by atoms with Crippen LogP contribution in [0.4, 0.5) is 0 Å². The van der Waals surface area contributed by atoms with Gasteiger partial charge in [0, 0.05) is 0 Å². The SMILES string of the molecule is C=CC(=C)c1ccccc1.[Yb][c]1ccccc1. The molecule has 2 aromatic rings. The summed E-state index contributed by atoms with van der Waals surface area (Å²) in [6, 6.07) is 20.0. The molecule has 0 aliphatic carbocycles. The Labute approximate surface area is 134 Å². The van der Waals surface area contributed by atoms with Crippen LogP contribution in [-0.4, -0.2) is 0 Å². The normalized spacial score (nSPS) is 8.82. The van der Waals surface area contributed by atoms with Crippen LogP contribution >= 0.6 is 0 Å². The van der Waals surface area contributed by atoms with E-state index in [1.807, 2.05) is 60.7 Å². The Morgan fingerprint density at radius 1 is 0.882 bits per heavy atom. The van der Waals surface area contributed by atoms with Crippen LogP contribution in [0, 0.1) is 44.6 Å². The molecule has 0 heterocycles. The number of hydrogen-bond acceptors (Lipinski definition) is 0. The Hall–Kier alpha value is -0.561. The third-order valence-corrected chi connectivity index (χ3v) is 2.66. The average Bonchev–Trinajstić information content (AvgIpc) is 2.40. The fourth-order valence-corrected chi connectivity index (χ4v) is 1.49. The van der Waals surface area contributed by atoms with Gasteiger partial charge >= 0.3 is 75.3 Å². The second-order valence-electron chi connectivity index (χ2n) is 3.33. The molecule has 0 atom stereocenters. The zero-order valence-corrected chi connectivity index (χ0v) is 11.2. The molecule has 0 fully saturated rings. The van der Waals surface area contributed by atoms with E-state index in [1.165, 1.54) is 0.322 Å². The molecule has 0 aliphatic rings. The first-order chi connectivity index (χ1) is 8.24. The van der Waals surface area contributed by atoms with E-state index in [4.69, 9.17) is 0 Å². The minimum absolute atomic E-state index is 0.973. The molecular formula is C16H15Yb. The van der Waals surface area contributed by atoms with Crippen LogP contribution in [0.2, 0.25) is 0 Å². The topological polar surface area (TPSA) is 0 Å². The molecule has 2 rings (SSSR count). The standard InChI is InChI=1S/C10H10.C6H5.Yb/c1-3-9(2)10-7-5-4-6-8-10;1-2-4-6-5-3-1;/h3-8H,1-2H2;1-5H;. The summed E-state index contributed by atoms with van der Waals surface area (Å²) >= 11 is 2.99. The molecule has 1 heteroatoms. The summed E-state index contributed by atoms with van der Waals surface area (Å²) in [6.07, 6.45) is 1.76. The second kappa shape index (κ2) is 8.52. The van der Waals surface area contributed by atoms with Crippen molar-refractivity contribution in [2.75, 3.05) is 0 Å². The van der Waals surface area contributed by atoms with E-state index in [1.54, 1.807) is 6.08 Å². The molecule has 0 amide bonds. The van der Waals surface area contributed by atoms with E-state index < -0.39 is 0 Å². The summed E-state index contributed by atoms with van der Waals surface area (Å²) in [7, 11) is 0. The molecule has 0 saturated heterocycles. The van der Waals surface area contributed by atoms with E-state index in [0.717, 1.165) is 11.1 Å². The summed E-state index contributed by atoms with van der Waals surface area (Å²) in [6.45, 7) is 7.46. The monoisotopic (exact) mass is 381 g/mol. The van der Waals surface area contributed by atoms with Gasteiger partial charge < -0.3 is 0 Å². The number of hydrogen-bond donors (Lipinski definition) is 0. The van der Waals surface area contributed by atoms with Gasteiger partial charge in [0.1, 0.15) is 0 Å². The predicted octanol–water partition coefficient (Wildman–Crippen LogP) is 3.75. The second-order valence-corrected chi connectivity index (χ2v) is 4.32. The zero-order valence-electron chi connectivity index (χ0n) is 9.53. The van der Waals surface area contributed by atoms with Gasteiger partial charge in [-0.3, -0.25) is 0 Å². The van der Waals surface area contributed by atoms with Gasteiger partial charge in [-0.2, -0.15) is 0 Å². The van der Waals surface area contributed by atoms with E-state index in [2.05, 4.69) is 57.8 Å². The third-order valence-electron chi connectivity index (χ3n) is 2.09. The number of allylic oxidation sites excluding steroid dienone is 2. The van der Waals surface area contributed by atoms with Gasteiger partial charge in [-0.1, -0.05) is 49.6 Å². The Bertz CT molecular complexity index is 457. The predicted molar refractivity (Wildman–Crippen MR) is 71.7 cm³/mol. The maximum absolute atomic E-state index is 3.83. The van der Waals surface area contributed by atoms with Crippen molar-refractivity contribution < 1.29 is 44.6 Å². The van der Waals surface area contributed by atoms with Crippen LogP contribution < -0.4 is 0.322 Å². The Morgan fingerprint density at radius 2 is 1.35 bits per heavy atom. The average molecular weight is 380 g/mol. The third kappa shape index (κ3) is 6.07. The molecule has 0 unspecified atom stereocenters. The molecule has 0 aliphatic heterocycles. The van der Waals surface area contributed by atoms with Gasteiger partial charge in [0.15, 0.2) is 0 Å². The van der Waals surface area contributed by atoms with Crippen molar-refractivity contribution in [1.82, 2.24) is 0 Å². The van der Waals surface area contributed by atoms with Crippen LogP contribution in [0.25, 0.3) is 5.57 Å². The number of rotatable bonds is 2. The van der Waals surface area contributed by atoms with Crippen molar-refractivity contribution in [1.29, 1.82) is 0 Å². The molecule has 0 spiro atoms. The Morgan fingerprint density at radius 3 is 1.71 bits per heavy atom. The van der Waals surface area contributed by atoms with Gasteiger partial charge in [-0.25, -0.2) is 0 Å². The quantitative estimate of drug-likeness (QED) is 0.697. The molecular weight excluding hydrogens is 365 g/mol. The Balaban J connectivity index is 0.000000181. The molecule has 0 radical (unpaired) electrons. The first-order valence-corrected chi connectivity index (χ1v) is 6.11. The van der Waals surface area contributed by atoms with Crippen molar-refractivity contribution in [3.63, 3.8) is 0 Å². The van der Waals surface area contributed by atoms with Gasteiger partial charge in [0.25, 0.3) is 0 Å². The van der Waals surface area contributed by atoms with E-state index in [9.17, 15) is 0 Å². The summed E-state index contributed by atoms with van der Waals surface area (Å²) in [5.74, 6) is 0. The fraction of sp³-hybridized carbons (Fsp3) is 0. The molecule has 0 nitrogen and oxygen atoms in total. The molecule has 17 heavy (non-hydrogen) atoms. The van der Waals surface area contributed by atoms with Gasteiger partial charge in [0.2, 0.25) is 0 Å².